The fourth-order valence-corrected chi connectivity index (χ4v) is 7.30. The second-order valence-corrected chi connectivity index (χ2v) is 13.9. The van der Waals surface area contributed by atoms with Crippen molar-refractivity contribution in [2.45, 2.75) is 96.4 Å². The molecule has 2 atom stereocenters. The molecule has 2 unspecified atom stereocenters. The Kier molecular flexibility index (Phi) is 10.7. The summed E-state index contributed by atoms with van der Waals surface area (Å²) in [5.74, 6) is 0.490. The van der Waals surface area contributed by atoms with Crippen LogP contribution in [0.5, 0.6) is 0 Å². The Morgan fingerprint density at radius 2 is 1.56 bits per heavy atom. The Bertz CT molecular complexity index is 1190. The van der Waals surface area contributed by atoms with Gasteiger partial charge < -0.3 is 20.4 Å². The summed E-state index contributed by atoms with van der Waals surface area (Å²) in [4.78, 5) is 34.9. The SMILES string of the molecule is CC(C)CN(C1CCN(C(=O)C(Cc2ccc(Cl)cc2)NC(=O)C2Cc3ccccc3N2)CC1)C1CCN(C(C)C)CC1. The van der Waals surface area contributed by atoms with Crippen molar-refractivity contribution in [1.82, 2.24) is 20.0 Å². The minimum Gasteiger partial charge on any atom is -0.373 e. The second kappa shape index (κ2) is 14.4. The molecule has 0 spiro atoms. The van der Waals surface area contributed by atoms with Gasteiger partial charge in [0.15, 0.2) is 0 Å². The van der Waals surface area contributed by atoms with Crippen molar-refractivity contribution in [3.05, 3.63) is 64.7 Å². The first-order valence-electron chi connectivity index (χ1n) is 16.4. The molecule has 8 heteroatoms. The minimum absolute atomic E-state index is 0.0120. The fourth-order valence-electron chi connectivity index (χ4n) is 7.17. The molecule has 0 radical (unpaired) electrons. The number of anilines is 1. The number of likely N-dealkylation sites (tertiary alicyclic amines) is 2. The number of carbonyl (C=O) groups excluding carboxylic acids is 2. The van der Waals surface area contributed by atoms with Gasteiger partial charge in [-0.3, -0.25) is 14.5 Å². The van der Waals surface area contributed by atoms with Gasteiger partial charge in [-0.1, -0.05) is 55.8 Å². The third-order valence-corrected chi connectivity index (χ3v) is 9.83. The molecule has 2 aromatic carbocycles. The van der Waals surface area contributed by atoms with E-state index in [-0.39, 0.29) is 17.9 Å². The molecule has 2 fully saturated rings. The molecule has 2 amide bonds. The Labute approximate surface area is 263 Å². The van der Waals surface area contributed by atoms with Crippen LogP contribution in [0.1, 0.15) is 64.5 Å². The van der Waals surface area contributed by atoms with Crippen molar-refractivity contribution in [2.75, 3.05) is 38.0 Å². The summed E-state index contributed by atoms with van der Waals surface area (Å²) in [5, 5.41) is 7.14. The number of amides is 2. The summed E-state index contributed by atoms with van der Waals surface area (Å²) in [6.07, 6.45) is 5.46. The second-order valence-electron chi connectivity index (χ2n) is 13.5. The first-order chi connectivity index (χ1) is 20.7. The predicted octanol–water partition coefficient (Wildman–Crippen LogP) is 5.23. The lowest BCUT2D eigenvalue weighted by atomic mass is 9.94. The van der Waals surface area contributed by atoms with Crippen LogP contribution in [-0.4, -0.2) is 89.4 Å². The lowest BCUT2D eigenvalue weighted by molar-refractivity contribution is -0.138. The van der Waals surface area contributed by atoms with E-state index in [2.05, 4.69) is 48.1 Å². The van der Waals surface area contributed by atoms with Crippen LogP contribution < -0.4 is 10.6 Å². The lowest BCUT2D eigenvalue weighted by Gasteiger charge is -2.46. The third-order valence-electron chi connectivity index (χ3n) is 9.57. The number of carbonyl (C=O) groups is 2. The summed E-state index contributed by atoms with van der Waals surface area (Å²) < 4.78 is 0. The number of fused-ring (bicyclic) bond motifs is 1. The molecule has 43 heavy (non-hydrogen) atoms. The first-order valence-corrected chi connectivity index (χ1v) is 16.7. The average Bonchev–Trinajstić information content (AvgIpc) is 3.45. The van der Waals surface area contributed by atoms with Crippen LogP contribution in [0.3, 0.4) is 0 Å². The molecule has 3 aliphatic heterocycles. The molecule has 3 aliphatic rings. The number of benzene rings is 2. The number of nitrogens with one attached hydrogen (secondary N) is 2. The number of hydrogen-bond acceptors (Lipinski definition) is 5. The van der Waals surface area contributed by atoms with Gasteiger partial charge in [-0.15, -0.1) is 0 Å². The lowest BCUT2D eigenvalue weighted by Crippen LogP contribution is -2.57. The van der Waals surface area contributed by atoms with Crippen LogP contribution in [0.4, 0.5) is 5.69 Å². The summed E-state index contributed by atoms with van der Waals surface area (Å²) >= 11 is 6.14. The van der Waals surface area contributed by atoms with Crippen LogP contribution in [0.15, 0.2) is 48.5 Å². The van der Waals surface area contributed by atoms with E-state index >= 15 is 0 Å². The molecule has 0 bridgehead atoms. The normalized spacial score (nSPS) is 20.8. The van der Waals surface area contributed by atoms with E-state index in [0.29, 0.717) is 41.9 Å². The molecule has 0 saturated carbocycles. The highest BCUT2D eigenvalue weighted by molar-refractivity contribution is 6.30. The number of rotatable bonds is 10. The van der Waals surface area contributed by atoms with Gasteiger partial charge in [-0.25, -0.2) is 0 Å². The molecule has 0 aromatic heterocycles. The van der Waals surface area contributed by atoms with Gasteiger partial charge in [0.05, 0.1) is 0 Å². The van der Waals surface area contributed by atoms with Crippen molar-refractivity contribution in [1.29, 1.82) is 0 Å². The van der Waals surface area contributed by atoms with Gasteiger partial charge in [0.25, 0.3) is 0 Å². The highest BCUT2D eigenvalue weighted by Gasteiger charge is 2.36. The Hall–Kier alpha value is -2.61. The largest absolute Gasteiger partial charge is 0.373 e. The number of nitrogens with zero attached hydrogens (tertiary/aromatic N) is 3. The maximum Gasteiger partial charge on any atom is 0.245 e. The van der Waals surface area contributed by atoms with E-state index in [9.17, 15) is 9.59 Å². The predicted molar refractivity (Wildman–Crippen MR) is 176 cm³/mol. The highest BCUT2D eigenvalue weighted by atomic mass is 35.5. The van der Waals surface area contributed by atoms with E-state index in [0.717, 1.165) is 49.3 Å². The molecule has 7 nitrogen and oxygen atoms in total. The van der Waals surface area contributed by atoms with Crippen LogP contribution in [-0.2, 0) is 22.4 Å². The van der Waals surface area contributed by atoms with Crippen LogP contribution in [0, 0.1) is 5.92 Å². The zero-order valence-electron chi connectivity index (χ0n) is 26.4. The zero-order valence-corrected chi connectivity index (χ0v) is 27.2. The van der Waals surface area contributed by atoms with Crippen LogP contribution in [0.2, 0.25) is 5.02 Å². The summed E-state index contributed by atoms with van der Waals surface area (Å²) in [7, 11) is 0. The molecule has 2 saturated heterocycles. The molecular formula is C35H50ClN5O2. The summed E-state index contributed by atoms with van der Waals surface area (Å²) in [6.45, 7) is 14.1. The van der Waals surface area contributed by atoms with Gasteiger partial charge in [0.2, 0.25) is 11.8 Å². The molecule has 2 N–H and O–H groups in total. The first kappa shape index (κ1) is 31.8. The number of piperidine rings is 2. The van der Waals surface area contributed by atoms with Crippen molar-refractivity contribution in [2.24, 2.45) is 5.92 Å². The molecule has 0 aliphatic carbocycles. The van der Waals surface area contributed by atoms with Crippen LogP contribution >= 0.6 is 11.6 Å². The monoisotopic (exact) mass is 607 g/mol. The van der Waals surface area contributed by atoms with E-state index in [4.69, 9.17) is 11.6 Å². The topological polar surface area (TPSA) is 67.9 Å². The maximum absolute atomic E-state index is 14.0. The highest BCUT2D eigenvalue weighted by Crippen LogP contribution is 2.28. The molecule has 2 aromatic rings. The number of halogens is 1. The standard InChI is InChI=1S/C35H50ClN5O2/c1-24(2)23-41(29-13-17-39(18-14-29)25(3)4)30-15-19-40(20-16-30)35(43)33(21-26-9-11-28(36)12-10-26)38-34(42)32-22-27-7-5-6-8-31(27)37-32/h5-12,24-25,29-30,32-33,37H,13-23H2,1-4H3,(H,38,42). The van der Waals surface area contributed by atoms with E-state index in [1.807, 2.05) is 53.4 Å². The number of hydrogen-bond donors (Lipinski definition) is 2. The van der Waals surface area contributed by atoms with Gasteiger partial charge in [-0.2, -0.15) is 0 Å². The van der Waals surface area contributed by atoms with E-state index < -0.39 is 6.04 Å². The van der Waals surface area contributed by atoms with Gasteiger partial charge in [0.1, 0.15) is 12.1 Å². The number of para-hydroxylation sites is 1. The molecule has 3 heterocycles. The minimum atomic E-state index is -0.622. The Morgan fingerprint density at radius 1 is 0.930 bits per heavy atom. The van der Waals surface area contributed by atoms with Gasteiger partial charge in [-0.05, 0) is 87.9 Å². The smallest absolute Gasteiger partial charge is 0.245 e. The van der Waals surface area contributed by atoms with Crippen molar-refractivity contribution in [3.63, 3.8) is 0 Å². The Morgan fingerprint density at radius 3 is 2.16 bits per heavy atom. The quantitative estimate of drug-likeness (QED) is 0.387. The van der Waals surface area contributed by atoms with E-state index in [1.54, 1.807) is 0 Å². The average molecular weight is 608 g/mol. The van der Waals surface area contributed by atoms with Crippen LogP contribution in [0.25, 0.3) is 0 Å². The third kappa shape index (κ3) is 8.11. The molecule has 234 valence electrons. The Balaban J connectivity index is 1.23. The molecular weight excluding hydrogens is 558 g/mol. The summed E-state index contributed by atoms with van der Waals surface area (Å²) in [5.41, 5.74) is 3.11. The van der Waals surface area contributed by atoms with Crippen molar-refractivity contribution in [3.8, 4) is 0 Å². The van der Waals surface area contributed by atoms with Crippen molar-refractivity contribution >= 4 is 29.1 Å². The molecule has 5 rings (SSSR count). The van der Waals surface area contributed by atoms with Gasteiger partial charge >= 0.3 is 0 Å². The summed E-state index contributed by atoms with van der Waals surface area (Å²) in [6, 6.07) is 16.3. The fraction of sp³-hybridized carbons (Fsp3) is 0.600. The maximum atomic E-state index is 14.0. The van der Waals surface area contributed by atoms with E-state index in [1.165, 1.54) is 25.9 Å². The zero-order chi connectivity index (χ0) is 30.5. The van der Waals surface area contributed by atoms with Gasteiger partial charge in [0, 0.05) is 61.3 Å². The van der Waals surface area contributed by atoms with Crippen molar-refractivity contribution < 1.29 is 9.59 Å².